The molecule has 102 valence electrons. The Kier molecular flexibility index (Phi) is 6.79. The Morgan fingerprint density at radius 3 is 3.05 bits per heavy atom. The highest BCUT2D eigenvalue weighted by Crippen LogP contribution is 2.03. The minimum absolute atomic E-state index is 0.237. The number of hydrogen-bond donors (Lipinski definition) is 2. The van der Waals surface area contributed by atoms with Crippen molar-refractivity contribution in [2.45, 2.75) is 6.42 Å². The third kappa shape index (κ3) is 5.64. The molecule has 0 aromatic carbocycles. The fraction of sp³-hybridized carbons (Fsp3) is 0.385. The van der Waals surface area contributed by atoms with Gasteiger partial charge in [0, 0.05) is 35.5 Å². The van der Waals surface area contributed by atoms with Crippen LogP contribution in [0.15, 0.2) is 18.3 Å². The van der Waals surface area contributed by atoms with E-state index in [9.17, 15) is 9.00 Å². The molecular formula is C13H16N2O3S. The quantitative estimate of drug-likeness (QED) is 0.584. The Labute approximate surface area is 114 Å². The molecule has 0 aliphatic heterocycles. The number of nitrogens with zero attached hydrogens (tertiary/aromatic N) is 1. The first-order chi connectivity index (χ1) is 9.15. The summed E-state index contributed by atoms with van der Waals surface area (Å²) in [5.41, 5.74) is 0.717. The SMILES string of the molecule is CS(=O)CCCNC(=O)c1ncccc1C#CCO. The maximum absolute atomic E-state index is 11.9. The van der Waals surface area contributed by atoms with Crippen molar-refractivity contribution in [3.8, 4) is 11.8 Å². The van der Waals surface area contributed by atoms with Gasteiger partial charge in [-0.15, -0.1) is 0 Å². The van der Waals surface area contributed by atoms with Crippen molar-refractivity contribution in [1.29, 1.82) is 0 Å². The number of hydrogen-bond acceptors (Lipinski definition) is 4. The normalized spacial score (nSPS) is 11.3. The van der Waals surface area contributed by atoms with Crippen molar-refractivity contribution in [2.24, 2.45) is 0 Å². The number of rotatable bonds is 5. The molecule has 0 bridgehead atoms. The Morgan fingerprint density at radius 2 is 2.37 bits per heavy atom. The highest BCUT2D eigenvalue weighted by molar-refractivity contribution is 7.84. The molecule has 1 aromatic heterocycles. The largest absolute Gasteiger partial charge is 0.384 e. The molecule has 1 amide bonds. The molecule has 19 heavy (non-hydrogen) atoms. The first-order valence-corrected chi connectivity index (χ1v) is 7.51. The summed E-state index contributed by atoms with van der Waals surface area (Å²) >= 11 is 0. The molecule has 0 aliphatic carbocycles. The van der Waals surface area contributed by atoms with Crippen LogP contribution in [0.4, 0.5) is 0 Å². The van der Waals surface area contributed by atoms with Crippen LogP contribution in [0.1, 0.15) is 22.5 Å². The number of aliphatic hydroxyl groups is 1. The molecule has 0 spiro atoms. The molecule has 6 heteroatoms. The zero-order chi connectivity index (χ0) is 14.1. The van der Waals surface area contributed by atoms with E-state index in [4.69, 9.17) is 5.11 Å². The molecule has 0 saturated carbocycles. The van der Waals surface area contributed by atoms with Gasteiger partial charge in [0.15, 0.2) is 0 Å². The minimum Gasteiger partial charge on any atom is -0.384 e. The molecule has 0 radical (unpaired) electrons. The van der Waals surface area contributed by atoms with Crippen molar-refractivity contribution in [3.05, 3.63) is 29.6 Å². The smallest absolute Gasteiger partial charge is 0.271 e. The molecule has 2 N–H and O–H groups in total. The zero-order valence-corrected chi connectivity index (χ0v) is 11.5. The van der Waals surface area contributed by atoms with Crippen LogP contribution in [0.3, 0.4) is 0 Å². The van der Waals surface area contributed by atoms with E-state index in [0.29, 0.717) is 24.3 Å². The predicted octanol–water partition coefficient (Wildman–Crippen LogP) is -0.0762. The van der Waals surface area contributed by atoms with Gasteiger partial charge < -0.3 is 10.4 Å². The van der Waals surface area contributed by atoms with Crippen LogP contribution in [0.5, 0.6) is 0 Å². The summed E-state index contributed by atoms with van der Waals surface area (Å²) in [5, 5.41) is 11.4. The first kappa shape index (κ1) is 15.3. The third-order valence-electron chi connectivity index (χ3n) is 2.22. The average molecular weight is 280 g/mol. The molecule has 0 saturated heterocycles. The summed E-state index contributed by atoms with van der Waals surface area (Å²) in [5.74, 6) is 5.41. The van der Waals surface area contributed by atoms with Crippen LogP contribution in [0.25, 0.3) is 0 Å². The molecule has 0 aliphatic rings. The summed E-state index contributed by atoms with van der Waals surface area (Å²) in [4.78, 5) is 15.9. The van der Waals surface area contributed by atoms with E-state index in [1.54, 1.807) is 18.4 Å². The number of aromatic nitrogens is 1. The maximum Gasteiger partial charge on any atom is 0.271 e. The van der Waals surface area contributed by atoms with E-state index in [1.165, 1.54) is 6.20 Å². The van der Waals surface area contributed by atoms with Gasteiger partial charge >= 0.3 is 0 Å². The lowest BCUT2D eigenvalue weighted by Crippen LogP contribution is -2.27. The average Bonchev–Trinajstić information content (AvgIpc) is 2.41. The van der Waals surface area contributed by atoms with E-state index >= 15 is 0 Å². The van der Waals surface area contributed by atoms with E-state index in [2.05, 4.69) is 22.1 Å². The lowest BCUT2D eigenvalue weighted by atomic mass is 10.2. The lowest BCUT2D eigenvalue weighted by Gasteiger charge is -2.05. The highest BCUT2D eigenvalue weighted by Gasteiger charge is 2.10. The summed E-state index contributed by atoms with van der Waals surface area (Å²) < 4.78 is 10.9. The Morgan fingerprint density at radius 1 is 1.58 bits per heavy atom. The summed E-state index contributed by atoms with van der Waals surface area (Å²) in [7, 11) is -0.851. The molecular weight excluding hydrogens is 264 g/mol. The van der Waals surface area contributed by atoms with Gasteiger partial charge in [-0.2, -0.15) is 0 Å². The zero-order valence-electron chi connectivity index (χ0n) is 10.7. The molecule has 1 unspecified atom stereocenters. The Hall–Kier alpha value is -1.71. The van der Waals surface area contributed by atoms with Gasteiger partial charge in [-0.25, -0.2) is 4.98 Å². The van der Waals surface area contributed by atoms with E-state index < -0.39 is 10.8 Å². The number of carbonyl (C=O) groups excluding carboxylic acids is 1. The highest BCUT2D eigenvalue weighted by atomic mass is 32.2. The second kappa shape index (κ2) is 8.40. The summed E-state index contributed by atoms with van der Waals surface area (Å²) in [6, 6.07) is 3.35. The molecule has 1 atom stereocenters. The molecule has 5 nitrogen and oxygen atoms in total. The van der Waals surface area contributed by atoms with Crippen LogP contribution in [0, 0.1) is 11.8 Å². The Balaban J connectivity index is 2.63. The van der Waals surface area contributed by atoms with Crippen molar-refractivity contribution in [1.82, 2.24) is 10.3 Å². The van der Waals surface area contributed by atoms with Gasteiger partial charge in [-0.1, -0.05) is 11.8 Å². The van der Waals surface area contributed by atoms with Crippen molar-refractivity contribution < 1.29 is 14.1 Å². The van der Waals surface area contributed by atoms with Gasteiger partial charge in [0.05, 0.1) is 5.56 Å². The van der Waals surface area contributed by atoms with Crippen LogP contribution < -0.4 is 5.32 Å². The van der Waals surface area contributed by atoms with Crippen molar-refractivity contribution in [3.63, 3.8) is 0 Å². The van der Waals surface area contributed by atoms with Crippen LogP contribution in [-0.4, -0.2) is 45.4 Å². The second-order valence-corrected chi connectivity index (χ2v) is 5.30. The van der Waals surface area contributed by atoms with Crippen LogP contribution in [0.2, 0.25) is 0 Å². The van der Waals surface area contributed by atoms with Crippen LogP contribution >= 0.6 is 0 Å². The van der Waals surface area contributed by atoms with Gasteiger partial charge in [0.25, 0.3) is 5.91 Å². The number of amides is 1. The fourth-order valence-electron chi connectivity index (χ4n) is 1.38. The number of carbonyl (C=O) groups is 1. The standard InChI is InChI=1S/C13H16N2O3S/c1-19(18)10-4-8-15-13(17)12-11(6-3-9-16)5-2-7-14-12/h2,5,7,16H,4,8-10H2,1H3,(H,15,17). The topological polar surface area (TPSA) is 79.3 Å². The number of aliphatic hydroxyl groups excluding tert-OH is 1. The molecule has 1 rings (SSSR count). The van der Waals surface area contributed by atoms with E-state index in [-0.39, 0.29) is 18.2 Å². The fourth-order valence-corrected chi connectivity index (χ4v) is 1.93. The number of nitrogens with one attached hydrogen (secondary N) is 1. The van der Waals surface area contributed by atoms with Crippen LogP contribution in [-0.2, 0) is 10.8 Å². The van der Waals surface area contributed by atoms with Crippen molar-refractivity contribution in [2.75, 3.05) is 25.2 Å². The summed E-state index contributed by atoms with van der Waals surface area (Å²) in [6.07, 6.45) is 3.79. The molecule has 1 aromatic rings. The van der Waals surface area contributed by atoms with Gasteiger partial charge in [0.1, 0.15) is 12.3 Å². The molecule has 1 heterocycles. The van der Waals surface area contributed by atoms with Gasteiger partial charge in [0.2, 0.25) is 0 Å². The predicted molar refractivity (Wildman–Crippen MR) is 74.1 cm³/mol. The monoisotopic (exact) mass is 280 g/mol. The van der Waals surface area contributed by atoms with E-state index in [1.807, 2.05) is 0 Å². The Bertz CT molecular complexity index is 520. The maximum atomic E-state index is 11.9. The van der Waals surface area contributed by atoms with Crippen molar-refractivity contribution >= 4 is 16.7 Å². The second-order valence-electron chi connectivity index (χ2n) is 3.75. The summed E-state index contributed by atoms with van der Waals surface area (Å²) in [6.45, 7) is 0.181. The lowest BCUT2D eigenvalue weighted by molar-refractivity contribution is 0.0948. The van der Waals surface area contributed by atoms with Gasteiger partial charge in [-0.3, -0.25) is 9.00 Å². The van der Waals surface area contributed by atoms with Gasteiger partial charge in [-0.05, 0) is 18.6 Å². The minimum atomic E-state index is -0.851. The third-order valence-corrected chi connectivity index (χ3v) is 3.08. The molecule has 0 fully saturated rings. The number of pyridine rings is 1. The first-order valence-electron chi connectivity index (χ1n) is 5.78. The van der Waals surface area contributed by atoms with E-state index in [0.717, 1.165) is 0 Å².